The Morgan fingerprint density at radius 2 is 1.87 bits per heavy atom. The van der Waals surface area contributed by atoms with Gasteiger partial charge >= 0.3 is 6.03 Å². The van der Waals surface area contributed by atoms with Crippen LogP contribution in [0.1, 0.15) is 36.9 Å². The molecule has 0 spiro atoms. The van der Waals surface area contributed by atoms with Crippen LogP contribution in [0.2, 0.25) is 0 Å². The summed E-state index contributed by atoms with van der Waals surface area (Å²) < 4.78 is 28.8. The third-order valence-electron chi connectivity index (χ3n) is 5.48. The quantitative estimate of drug-likeness (QED) is 0.667. The first-order valence-electron chi connectivity index (χ1n) is 9.94. The number of nitrogens with one attached hydrogen (secondary N) is 2. The Morgan fingerprint density at radius 3 is 2.58 bits per heavy atom. The monoisotopic (exact) mass is 441 g/mol. The van der Waals surface area contributed by atoms with Gasteiger partial charge in [0.05, 0.1) is 6.04 Å². The molecule has 2 aliphatic heterocycles. The number of urea groups is 1. The van der Waals surface area contributed by atoms with Gasteiger partial charge in [-0.25, -0.2) is 4.79 Å². The van der Waals surface area contributed by atoms with Gasteiger partial charge in [0.2, 0.25) is 5.91 Å². The number of hydrogen-bond acceptors (Lipinski definition) is 5. The van der Waals surface area contributed by atoms with E-state index in [9.17, 15) is 18.0 Å². The van der Waals surface area contributed by atoms with Gasteiger partial charge in [0.15, 0.2) is 5.84 Å². The molecule has 3 amide bonds. The number of nitrogens with two attached hydrogens (primary N) is 1. The van der Waals surface area contributed by atoms with E-state index in [2.05, 4.69) is 15.0 Å². The molecule has 2 aromatic carbocycles. The number of hydrogen-bond donors (Lipinski definition) is 3. The maximum atomic E-state index is 13.1. The summed E-state index contributed by atoms with van der Waals surface area (Å²) in [5.74, 6) is 0.150. The van der Waals surface area contributed by atoms with Gasteiger partial charge in [-0.1, -0.05) is 24.3 Å². The summed E-state index contributed by atoms with van der Waals surface area (Å²) in [4.78, 5) is 25.9. The molecule has 0 saturated carbocycles. The van der Waals surface area contributed by atoms with Crippen LogP contribution in [-0.2, 0) is 14.8 Å². The average Bonchev–Trinajstić information content (AvgIpc) is 3.31. The second-order valence-corrected chi connectivity index (χ2v) is 9.15. The first-order valence-corrected chi connectivity index (χ1v) is 11.4. The molecule has 0 aliphatic carbocycles. The molecule has 10 heteroatoms. The highest BCUT2D eigenvalue weighted by Crippen LogP contribution is 2.31. The lowest BCUT2D eigenvalue weighted by Gasteiger charge is -2.27. The van der Waals surface area contributed by atoms with Gasteiger partial charge in [0.25, 0.3) is 10.0 Å². The summed E-state index contributed by atoms with van der Waals surface area (Å²) in [5, 5.41) is 5.49. The number of amides is 3. The largest absolute Gasteiger partial charge is 0.351 e. The molecular formula is C21H23N5O4S. The minimum absolute atomic E-state index is 0.175. The SMILES string of the molecule is CC(NC(=O)[C@@H]1CCCN1C1=NS(=O)(=O)c2ccccc21)c1ccc(NC(N)=O)cc1. The molecule has 0 bridgehead atoms. The summed E-state index contributed by atoms with van der Waals surface area (Å²) in [5.41, 5.74) is 7.07. The predicted molar refractivity (Wildman–Crippen MR) is 116 cm³/mol. The highest BCUT2D eigenvalue weighted by atomic mass is 32.2. The Bertz CT molecular complexity index is 1160. The zero-order valence-corrected chi connectivity index (χ0v) is 17.7. The first-order chi connectivity index (χ1) is 14.8. The van der Waals surface area contributed by atoms with Gasteiger partial charge in [-0.05, 0) is 49.6 Å². The first kappa shape index (κ1) is 20.9. The highest BCUT2D eigenvalue weighted by Gasteiger charge is 2.39. The van der Waals surface area contributed by atoms with Crippen LogP contribution in [0.4, 0.5) is 10.5 Å². The summed E-state index contributed by atoms with van der Waals surface area (Å²) in [6.07, 6.45) is 1.38. The Hall–Kier alpha value is -3.40. The number of sulfonamides is 1. The zero-order valence-electron chi connectivity index (χ0n) is 16.9. The van der Waals surface area contributed by atoms with E-state index in [4.69, 9.17) is 5.73 Å². The third kappa shape index (κ3) is 4.11. The second-order valence-electron chi connectivity index (χ2n) is 7.58. The van der Waals surface area contributed by atoms with Crippen molar-refractivity contribution >= 4 is 33.5 Å². The van der Waals surface area contributed by atoms with E-state index in [1.54, 1.807) is 47.4 Å². The smallest absolute Gasteiger partial charge is 0.316 e. The molecular weight excluding hydrogens is 418 g/mol. The Kier molecular flexibility index (Phi) is 5.40. The van der Waals surface area contributed by atoms with Crippen LogP contribution in [-0.4, -0.2) is 43.7 Å². The second kappa shape index (κ2) is 8.03. The summed E-state index contributed by atoms with van der Waals surface area (Å²) in [7, 11) is -3.74. The lowest BCUT2D eigenvalue weighted by Crippen LogP contribution is -2.46. The van der Waals surface area contributed by atoms with Crippen LogP contribution >= 0.6 is 0 Å². The van der Waals surface area contributed by atoms with E-state index in [1.165, 1.54) is 6.07 Å². The van der Waals surface area contributed by atoms with Crippen molar-refractivity contribution in [1.82, 2.24) is 10.2 Å². The van der Waals surface area contributed by atoms with Crippen LogP contribution in [0, 0.1) is 0 Å². The fourth-order valence-electron chi connectivity index (χ4n) is 3.98. The van der Waals surface area contributed by atoms with Crippen LogP contribution in [0.5, 0.6) is 0 Å². The van der Waals surface area contributed by atoms with Crippen molar-refractivity contribution in [1.29, 1.82) is 0 Å². The normalized spacial score (nSPS) is 20.0. The molecule has 2 aromatic rings. The van der Waals surface area contributed by atoms with E-state index in [-0.39, 0.29) is 16.8 Å². The Labute approximate surface area is 180 Å². The van der Waals surface area contributed by atoms with Crippen molar-refractivity contribution in [2.75, 3.05) is 11.9 Å². The molecule has 4 rings (SSSR count). The van der Waals surface area contributed by atoms with Gasteiger partial charge in [-0.3, -0.25) is 4.79 Å². The Balaban J connectivity index is 1.49. The molecule has 1 fully saturated rings. The van der Waals surface area contributed by atoms with E-state index in [1.807, 2.05) is 6.92 Å². The molecule has 2 aliphatic rings. The number of primary amides is 1. The van der Waals surface area contributed by atoms with Crippen molar-refractivity contribution < 1.29 is 18.0 Å². The highest BCUT2D eigenvalue weighted by molar-refractivity contribution is 7.90. The van der Waals surface area contributed by atoms with Crippen molar-refractivity contribution in [3.05, 3.63) is 59.7 Å². The van der Waals surface area contributed by atoms with Crippen LogP contribution in [0.15, 0.2) is 57.8 Å². The number of carbonyl (C=O) groups excluding carboxylic acids is 2. The summed E-state index contributed by atoms with van der Waals surface area (Å²) >= 11 is 0. The number of rotatable bonds is 4. The standard InChI is InChI=1S/C21H23N5O4S/c1-13(14-8-10-15(11-9-14)24-21(22)28)23-20(27)17-6-4-12-26(17)19-16-5-2-3-7-18(16)31(29,30)25-19/h2-3,5,7-11,13,17H,4,6,12H2,1H3,(H,23,27)(H3,22,24,28)/t13?,17-/m0/s1. The topological polar surface area (TPSA) is 134 Å². The molecule has 1 unspecified atom stereocenters. The number of amidine groups is 1. The van der Waals surface area contributed by atoms with Crippen molar-refractivity contribution in [3.8, 4) is 0 Å². The van der Waals surface area contributed by atoms with E-state index in [0.717, 1.165) is 12.0 Å². The van der Waals surface area contributed by atoms with Crippen LogP contribution in [0.3, 0.4) is 0 Å². The number of fused-ring (bicyclic) bond motifs is 1. The summed E-state index contributed by atoms with van der Waals surface area (Å²) in [6.45, 7) is 2.42. The molecule has 0 radical (unpaired) electrons. The zero-order chi connectivity index (χ0) is 22.2. The maximum Gasteiger partial charge on any atom is 0.316 e. The number of anilines is 1. The minimum Gasteiger partial charge on any atom is -0.351 e. The average molecular weight is 442 g/mol. The lowest BCUT2D eigenvalue weighted by molar-refractivity contribution is -0.125. The molecule has 0 aromatic heterocycles. The predicted octanol–water partition coefficient (Wildman–Crippen LogP) is 1.97. The Morgan fingerprint density at radius 1 is 1.16 bits per heavy atom. The molecule has 9 nitrogen and oxygen atoms in total. The van der Waals surface area contributed by atoms with Crippen molar-refractivity contribution in [3.63, 3.8) is 0 Å². The molecule has 162 valence electrons. The maximum absolute atomic E-state index is 13.1. The van der Waals surface area contributed by atoms with Gasteiger partial charge < -0.3 is 21.3 Å². The van der Waals surface area contributed by atoms with E-state index in [0.29, 0.717) is 30.1 Å². The molecule has 2 heterocycles. The number of carbonyl (C=O) groups is 2. The molecule has 31 heavy (non-hydrogen) atoms. The molecule has 4 N–H and O–H groups in total. The number of nitrogens with zero attached hydrogens (tertiary/aromatic N) is 2. The van der Waals surface area contributed by atoms with Crippen molar-refractivity contribution in [2.45, 2.75) is 36.7 Å². The minimum atomic E-state index is -3.74. The van der Waals surface area contributed by atoms with Gasteiger partial charge in [-0.2, -0.15) is 8.42 Å². The van der Waals surface area contributed by atoms with Crippen LogP contribution < -0.4 is 16.4 Å². The lowest BCUT2D eigenvalue weighted by atomic mass is 10.1. The van der Waals surface area contributed by atoms with Crippen molar-refractivity contribution in [2.24, 2.45) is 10.1 Å². The van der Waals surface area contributed by atoms with E-state index < -0.39 is 22.1 Å². The summed E-state index contributed by atoms with van der Waals surface area (Å²) in [6, 6.07) is 12.3. The van der Waals surface area contributed by atoms with Gasteiger partial charge in [-0.15, -0.1) is 4.40 Å². The van der Waals surface area contributed by atoms with E-state index >= 15 is 0 Å². The molecule has 1 saturated heterocycles. The fraction of sp³-hybridized carbons (Fsp3) is 0.286. The number of likely N-dealkylation sites (tertiary alicyclic amines) is 1. The molecule has 2 atom stereocenters. The van der Waals surface area contributed by atoms with Gasteiger partial charge in [0.1, 0.15) is 10.9 Å². The van der Waals surface area contributed by atoms with Crippen LogP contribution in [0.25, 0.3) is 0 Å². The third-order valence-corrected chi connectivity index (χ3v) is 6.80. The van der Waals surface area contributed by atoms with Gasteiger partial charge in [0, 0.05) is 17.8 Å². The fourth-order valence-corrected chi connectivity index (χ4v) is 5.20. The number of benzene rings is 2.